The SMILES string of the molecule is CNCc1ccn(-c2ncc(OC)c3c(C(=O)C(=O)N4CCN(C(=O)c5ccccc5)CC4)c[nH]c23)n1. The highest BCUT2D eigenvalue weighted by Gasteiger charge is 2.31. The van der Waals surface area contributed by atoms with E-state index in [4.69, 9.17) is 4.74 Å². The minimum Gasteiger partial charge on any atom is -0.494 e. The molecule has 0 saturated carbocycles. The van der Waals surface area contributed by atoms with Crippen molar-refractivity contribution in [2.24, 2.45) is 0 Å². The fourth-order valence-electron chi connectivity index (χ4n) is 4.50. The third kappa shape index (κ3) is 4.56. The maximum atomic E-state index is 13.4. The summed E-state index contributed by atoms with van der Waals surface area (Å²) in [4.78, 5) is 50.0. The summed E-state index contributed by atoms with van der Waals surface area (Å²) in [5.74, 6) is -0.504. The maximum Gasteiger partial charge on any atom is 0.295 e. The number of ether oxygens (including phenoxy) is 1. The lowest BCUT2D eigenvalue weighted by molar-refractivity contribution is -0.127. The molecule has 3 aromatic heterocycles. The van der Waals surface area contributed by atoms with Crippen LogP contribution in [0.3, 0.4) is 0 Å². The van der Waals surface area contributed by atoms with Crippen molar-refractivity contribution in [3.8, 4) is 11.6 Å². The molecule has 0 unspecified atom stereocenters. The molecule has 4 heterocycles. The normalized spacial score (nSPS) is 13.7. The Hall–Kier alpha value is -4.51. The molecule has 0 aliphatic carbocycles. The molecule has 0 radical (unpaired) electrons. The maximum absolute atomic E-state index is 13.4. The van der Waals surface area contributed by atoms with Gasteiger partial charge in [0.2, 0.25) is 0 Å². The lowest BCUT2D eigenvalue weighted by Crippen LogP contribution is -2.52. The third-order valence-electron chi connectivity index (χ3n) is 6.41. The average Bonchev–Trinajstić information content (AvgIpc) is 3.60. The summed E-state index contributed by atoms with van der Waals surface area (Å²) in [5, 5.41) is 8.04. The van der Waals surface area contributed by atoms with Crippen LogP contribution < -0.4 is 10.1 Å². The number of ketones is 1. The summed E-state index contributed by atoms with van der Waals surface area (Å²) >= 11 is 0. The van der Waals surface area contributed by atoms with Gasteiger partial charge in [0, 0.05) is 50.7 Å². The topological polar surface area (TPSA) is 125 Å². The monoisotopic (exact) mass is 501 g/mol. The van der Waals surface area contributed by atoms with E-state index in [9.17, 15) is 14.4 Å². The molecule has 11 heteroatoms. The Morgan fingerprint density at radius 2 is 1.78 bits per heavy atom. The minimum atomic E-state index is -0.652. The number of Topliss-reactive ketones (excluding diaryl/α,β-unsaturated/α-hetero) is 1. The van der Waals surface area contributed by atoms with E-state index in [1.165, 1.54) is 24.4 Å². The third-order valence-corrected chi connectivity index (χ3v) is 6.41. The first-order valence-electron chi connectivity index (χ1n) is 11.9. The molecule has 0 atom stereocenters. The van der Waals surface area contributed by atoms with Crippen molar-refractivity contribution in [2.45, 2.75) is 6.54 Å². The number of pyridine rings is 1. The molecule has 1 aliphatic heterocycles. The van der Waals surface area contributed by atoms with E-state index >= 15 is 0 Å². The number of aromatic nitrogens is 4. The summed E-state index contributed by atoms with van der Waals surface area (Å²) in [5.41, 5.74) is 2.17. The van der Waals surface area contributed by atoms with Crippen LogP contribution in [0, 0.1) is 0 Å². The molecule has 1 aromatic carbocycles. The molecule has 0 bridgehead atoms. The number of aromatic amines is 1. The number of hydrogen-bond donors (Lipinski definition) is 2. The lowest BCUT2D eigenvalue weighted by Gasteiger charge is -2.34. The van der Waals surface area contributed by atoms with Gasteiger partial charge in [-0.2, -0.15) is 5.10 Å². The van der Waals surface area contributed by atoms with E-state index in [1.54, 1.807) is 27.9 Å². The standard InChI is InChI=1S/C26H27N7O4/c1-27-14-18-8-9-33(30-18)24-22-21(20(37-2)16-29-24)19(15-28-22)23(34)26(36)32-12-10-31(11-13-32)25(35)17-6-4-3-5-7-17/h3-9,15-16,27-28H,10-14H2,1-2H3. The smallest absolute Gasteiger partial charge is 0.295 e. The van der Waals surface area contributed by atoms with Crippen molar-refractivity contribution in [2.75, 3.05) is 40.3 Å². The fourth-order valence-corrected chi connectivity index (χ4v) is 4.50. The van der Waals surface area contributed by atoms with Crippen molar-refractivity contribution in [3.63, 3.8) is 0 Å². The van der Waals surface area contributed by atoms with Gasteiger partial charge in [-0.3, -0.25) is 14.4 Å². The Morgan fingerprint density at radius 3 is 2.49 bits per heavy atom. The molecule has 190 valence electrons. The Labute approximate surface area is 213 Å². The van der Waals surface area contributed by atoms with Crippen LogP contribution in [0.5, 0.6) is 5.75 Å². The number of fused-ring (bicyclic) bond motifs is 1. The number of amides is 2. The summed E-state index contributed by atoms with van der Waals surface area (Å²) in [6, 6.07) is 10.9. The molecule has 5 rings (SSSR count). The van der Waals surface area contributed by atoms with Gasteiger partial charge < -0.3 is 24.8 Å². The van der Waals surface area contributed by atoms with Crippen molar-refractivity contribution in [1.82, 2.24) is 34.9 Å². The number of nitrogens with zero attached hydrogens (tertiary/aromatic N) is 5. The van der Waals surface area contributed by atoms with Crippen LogP contribution in [-0.2, 0) is 11.3 Å². The molecule has 37 heavy (non-hydrogen) atoms. The average molecular weight is 502 g/mol. The predicted molar refractivity (Wildman–Crippen MR) is 136 cm³/mol. The zero-order valence-electron chi connectivity index (χ0n) is 20.6. The second-order valence-corrected chi connectivity index (χ2v) is 8.66. The van der Waals surface area contributed by atoms with Crippen LogP contribution in [0.15, 0.2) is 55.0 Å². The Bertz CT molecular complexity index is 1450. The van der Waals surface area contributed by atoms with Gasteiger partial charge in [-0.05, 0) is 25.2 Å². The minimum absolute atomic E-state index is 0.0862. The van der Waals surface area contributed by atoms with Gasteiger partial charge >= 0.3 is 0 Å². The van der Waals surface area contributed by atoms with Crippen LogP contribution >= 0.6 is 0 Å². The summed E-state index contributed by atoms with van der Waals surface area (Å²) in [7, 11) is 3.32. The first-order valence-corrected chi connectivity index (χ1v) is 11.9. The first kappa shape index (κ1) is 24.2. The molecule has 2 amide bonds. The Balaban J connectivity index is 1.36. The van der Waals surface area contributed by atoms with Gasteiger partial charge in [0.1, 0.15) is 5.75 Å². The number of piperazine rings is 1. The highest BCUT2D eigenvalue weighted by molar-refractivity contribution is 6.45. The van der Waals surface area contributed by atoms with Crippen LogP contribution in [0.1, 0.15) is 26.4 Å². The lowest BCUT2D eigenvalue weighted by atomic mass is 10.1. The summed E-state index contributed by atoms with van der Waals surface area (Å²) in [6.45, 7) is 1.85. The highest BCUT2D eigenvalue weighted by atomic mass is 16.5. The van der Waals surface area contributed by atoms with E-state index in [2.05, 4.69) is 20.4 Å². The highest BCUT2D eigenvalue weighted by Crippen LogP contribution is 2.32. The second kappa shape index (κ2) is 10.2. The van der Waals surface area contributed by atoms with Crippen LogP contribution in [0.4, 0.5) is 0 Å². The van der Waals surface area contributed by atoms with E-state index in [0.717, 1.165) is 5.69 Å². The number of H-pyrrole nitrogens is 1. The van der Waals surface area contributed by atoms with Gasteiger partial charge in [-0.1, -0.05) is 18.2 Å². The van der Waals surface area contributed by atoms with Crippen LogP contribution in [0.25, 0.3) is 16.7 Å². The number of hydrogen-bond acceptors (Lipinski definition) is 7. The molecular formula is C26H27N7O4. The molecule has 1 aliphatic rings. The van der Waals surface area contributed by atoms with Gasteiger partial charge in [-0.25, -0.2) is 9.67 Å². The number of nitrogens with one attached hydrogen (secondary N) is 2. The van der Waals surface area contributed by atoms with Crippen LogP contribution in [0.2, 0.25) is 0 Å². The van der Waals surface area contributed by atoms with E-state index in [0.29, 0.717) is 47.7 Å². The van der Waals surface area contributed by atoms with E-state index < -0.39 is 11.7 Å². The molecule has 2 N–H and O–H groups in total. The zero-order valence-corrected chi connectivity index (χ0v) is 20.6. The number of benzene rings is 1. The molecule has 1 saturated heterocycles. The first-order chi connectivity index (χ1) is 18.0. The molecular weight excluding hydrogens is 474 g/mol. The fraction of sp³-hybridized carbons (Fsp3) is 0.269. The Kier molecular flexibility index (Phi) is 6.69. The second-order valence-electron chi connectivity index (χ2n) is 8.66. The largest absolute Gasteiger partial charge is 0.494 e. The van der Waals surface area contributed by atoms with Gasteiger partial charge in [0.05, 0.1) is 35.5 Å². The molecule has 4 aromatic rings. The van der Waals surface area contributed by atoms with Crippen LogP contribution in [-0.4, -0.2) is 87.5 Å². The predicted octanol–water partition coefficient (Wildman–Crippen LogP) is 1.64. The number of rotatable bonds is 7. The van der Waals surface area contributed by atoms with Gasteiger partial charge in [0.15, 0.2) is 5.82 Å². The van der Waals surface area contributed by atoms with Crippen molar-refractivity contribution < 1.29 is 19.1 Å². The summed E-state index contributed by atoms with van der Waals surface area (Å²) < 4.78 is 7.09. The molecule has 11 nitrogen and oxygen atoms in total. The number of carbonyl (C=O) groups is 3. The van der Waals surface area contributed by atoms with Crippen molar-refractivity contribution in [3.05, 3.63) is 71.8 Å². The summed E-state index contributed by atoms with van der Waals surface area (Å²) in [6.07, 6.45) is 4.80. The van der Waals surface area contributed by atoms with E-state index in [1.807, 2.05) is 31.3 Å². The van der Waals surface area contributed by atoms with Crippen molar-refractivity contribution >= 4 is 28.5 Å². The molecule has 1 fully saturated rings. The van der Waals surface area contributed by atoms with Gasteiger partial charge in [0.25, 0.3) is 17.6 Å². The quantitative estimate of drug-likeness (QED) is 0.291. The van der Waals surface area contributed by atoms with Gasteiger partial charge in [-0.15, -0.1) is 0 Å². The number of methoxy groups -OCH3 is 1. The van der Waals surface area contributed by atoms with Crippen molar-refractivity contribution in [1.29, 1.82) is 0 Å². The molecule has 0 spiro atoms. The van der Waals surface area contributed by atoms with E-state index in [-0.39, 0.29) is 24.6 Å². The number of carbonyl (C=O) groups excluding carboxylic acids is 3. The Morgan fingerprint density at radius 1 is 1.05 bits per heavy atom. The zero-order chi connectivity index (χ0) is 25.9.